The molecule has 1 aliphatic rings. The average molecular weight is 522 g/mol. The highest BCUT2D eigenvalue weighted by atomic mass is 79.9. The Morgan fingerprint density at radius 2 is 2.06 bits per heavy atom. The van der Waals surface area contributed by atoms with Gasteiger partial charge in [-0.1, -0.05) is 18.6 Å². The molecule has 2 aromatic heterocycles. The Morgan fingerprint density at radius 3 is 2.71 bits per heavy atom. The van der Waals surface area contributed by atoms with Crippen LogP contribution in [0.1, 0.15) is 38.4 Å². The van der Waals surface area contributed by atoms with Crippen LogP contribution in [0.3, 0.4) is 0 Å². The molecule has 1 aliphatic heterocycles. The molecule has 176 valence electrons. The molecule has 1 amide bonds. The van der Waals surface area contributed by atoms with Crippen molar-refractivity contribution in [2.24, 2.45) is 5.92 Å². The molecule has 7 nitrogen and oxygen atoms in total. The van der Waals surface area contributed by atoms with Crippen LogP contribution in [0.25, 0.3) is 22.2 Å². The van der Waals surface area contributed by atoms with Crippen LogP contribution in [0, 0.1) is 17.8 Å². The number of likely N-dealkylation sites (tertiary alicyclic amines) is 1. The Hall–Kier alpha value is -3.31. The molecule has 3 heterocycles. The summed E-state index contributed by atoms with van der Waals surface area (Å²) < 4.78 is 8.54. The van der Waals surface area contributed by atoms with Gasteiger partial charge >= 0.3 is 0 Å². The third-order valence-corrected chi connectivity index (χ3v) is 6.80. The Labute approximate surface area is 208 Å². The van der Waals surface area contributed by atoms with Gasteiger partial charge in [-0.05, 0) is 72.3 Å². The fourth-order valence-corrected chi connectivity index (χ4v) is 4.83. The molecule has 1 fully saturated rings. The number of hydrogen-bond acceptors (Lipinski definition) is 5. The number of ether oxygens (including phenoxy) is 1. The van der Waals surface area contributed by atoms with E-state index in [2.05, 4.69) is 62.7 Å². The number of rotatable bonds is 4. The third kappa shape index (κ3) is 4.40. The number of hydrogen-bond donors (Lipinski definition) is 1. The number of nitrogens with zero attached hydrogens (tertiary/aromatic N) is 4. The second-order valence-corrected chi connectivity index (χ2v) is 9.42. The minimum Gasteiger partial charge on any atom is -0.496 e. The lowest BCUT2D eigenvalue weighted by Crippen LogP contribution is -2.37. The van der Waals surface area contributed by atoms with Gasteiger partial charge in [0.15, 0.2) is 0 Å². The molecule has 8 heteroatoms. The highest BCUT2D eigenvalue weighted by molar-refractivity contribution is 9.10. The summed E-state index contributed by atoms with van der Waals surface area (Å²) in [5.74, 6) is 8.26. The quantitative estimate of drug-likeness (QED) is 0.393. The number of carbonyl (C=O) groups is 1. The summed E-state index contributed by atoms with van der Waals surface area (Å²) in [5, 5.41) is 0.788. The Kier molecular flexibility index (Phi) is 6.94. The van der Waals surface area contributed by atoms with Crippen LogP contribution in [0.5, 0.6) is 5.75 Å². The molecule has 34 heavy (non-hydrogen) atoms. The standard InChI is InChI=1S/C26H28BrN5O2/c1-5-22(33)31-12-10-17(11-13-31)6-9-20-23(18-7-8-19(27)21(14-18)34-4)24-25(28)29-15-30-26(24)32(20)16(2)3/h5,7-8,14-17H,1,10-13H2,2-4H3,(H2,28,29,30). The van der Waals surface area contributed by atoms with Crippen molar-refractivity contribution in [1.29, 1.82) is 0 Å². The Morgan fingerprint density at radius 1 is 1.32 bits per heavy atom. The summed E-state index contributed by atoms with van der Waals surface area (Å²) in [6, 6.07) is 6.05. The van der Waals surface area contributed by atoms with Crippen molar-refractivity contribution in [3.8, 4) is 28.7 Å². The fraction of sp³-hybridized carbons (Fsp3) is 0.346. The van der Waals surface area contributed by atoms with E-state index in [4.69, 9.17) is 10.5 Å². The van der Waals surface area contributed by atoms with E-state index in [0.717, 1.165) is 50.9 Å². The van der Waals surface area contributed by atoms with Gasteiger partial charge in [-0.3, -0.25) is 4.79 Å². The average Bonchev–Trinajstić information content (AvgIpc) is 3.18. The van der Waals surface area contributed by atoms with Gasteiger partial charge in [0.2, 0.25) is 5.91 Å². The van der Waals surface area contributed by atoms with Gasteiger partial charge in [0, 0.05) is 30.6 Å². The molecule has 0 spiro atoms. The lowest BCUT2D eigenvalue weighted by Gasteiger charge is -2.28. The first-order valence-corrected chi connectivity index (χ1v) is 12.1. The first-order chi connectivity index (χ1) is 16.3. The largest absolute Gasteiger partial charge is 0.496 e. The van der Waals surface area contributed by atoms with Crippen molar-refractivity contribution in [3.63, 3.8) is 0 Å². The molecule has 2 N–H and O–H groups in total. The molecule has 0 aliphatic carbocycles. The molecule has 3 aromatic rings. The van der Waals surface area contributed by atoms with Crippen LogP contribution < -0.4 is 10.5 Å². The SMILES string of the molecule is C=CC(=O)N1CCC(C#Cc2c(-c3ccc(Br)c(OC)c3)c3c(N)ncnc3n2C(C)C)CC1. The van der Waals surface area contributed by atoms with E-state index in [1.54, 1.807) is 7.11 Å². The first kappa shape index (κ1) is 23.8. The number of amides is 1. The van der Waals surface area contributed by atoms with Gasteiger partial charge in [-0.25, -0.2) is 9.97 Å². The number of anilines is 1. The second-order valence-electron chi connectivity index (χ2n) is 8.57. The third-order valence-electron chi connectivity index (χ3n) is 6.14. The summed E-state index contributed by atoms with van der Waals surface area (Å²) in [6.45, 7) is 9.17. The summed E-state index contributed by atoms with van der Waals surface area (Å²) >= 11 is 3.54. The molecule has 0 atom stereocenters. The van der Waals surface area contributed by atoms with Crippen molar-refractivity contribution in [2.75, 3.05) is 25.9 Å². The lowest BCUT2D eigenvalue weighted by atomic mass is 9.96. The van der Waals surface area contributed by atoms with Gasteiger partial charge in [0.1, 0.15) is 29.2 Å². The first-order valence-electron chi connectivity index (χ1n) is 11.3. The number of nitrogens with two attached hydrogens (primary N) is 1. The topological polar surface area (TPSA) is 86.3 Å². The highest BCUT2D eigenvalue weighted by Gasteiger charge is 2.24. The minimum absolute atomic E-state index is 0.0214. The summed E-state index contributed by atoms with van der Waals surface area (Å²) in [4.78, 5) is 22.6. The number of benzene rings is 1. The number of aromatic nitrogens is 3. The number of fused-ring (bicyclic) bond motifs is 1. The van der Waals surface area contributed by atoms with Crippen molar-refractivity contribution >= 4 is 38.7 Å². The van der Waals surface area contributed by atoms with E-state index in [0.29, 0.717) is 18.9 Å². The maximum Gasteiger partial charge on any atom is 0.245 e. The molecule has 0 unspecified atom stereocenters. The molecule has 0 radical (unpaired) electrons. The Balaban J connectivity index is 1.85. The van der Waals surface area contributed by atoms with Crippen molar-refractivity contribution < 1.29 is 9.53 Å². The van der Waals surface area contributed by atoms with Crippen LogP contribution in [0.4, 0.5) is 5.82 Å². The minimum atomic E-state index is -0.0214. The summed E-state index contributed by atoms with van der Waals surface area (Å²) in [7, 11) is 1.64. The predicted molar refractivity (Wildman–Crippen MR) is 138 cm³/mol. The lowest BCUT2D eigenvalue weighted by molar-refractivity contribution is -0.127. The van der Waals surface area contributed by atoms with Crippen molar-refractivity contribution in [1.82, 2.24) is 19.4 Å². The molecular formula is C26H28BrN5O2. The molecule has 0 saturated carbocycles. The predicted octanol–water partition coefficient (Wildman–Crippen LogP) is 4.81. The Bertz CT molecular complexity index is 1310. The zero-order chi connectivity index (χ0) is 24.4. The number of piperidine rings is 1. The van der Waals surface area contributed by atoms with Crippen LogP contribution in [0.2, 0.25) is 0 Å². The van der Waals surface area contributed by atoms with E-state index in [9.17, 15) is 4.79 Å². The van der Waals surface area contributed by atoms with Crippen molar-refractivity contribution in [2.45, 2.75) is 32.7 Å². The van der Waals surface area contributed by atoms with Gasteiger partial charge < -0.3 is 19.9 Å². The van der Waals surface area contributed by atoms with Gasteiger partial charge in [0.25, 0.3) is 0 Å². The zero-order valence-corrected chi connectivity index (χ0v) is 21.2. The molecule has 1 aromatic carbocycles. The van der Waals surface area contributed by atoms with E-state index in [1.807, 2.05) is 23.1 Å². The van der Waals surface area contributed by atoms with Gasteiger partial charge in [0.05, 0.1) is 17.0 Å². The van der Waals surface area contributed by atoms with Crippen LogP contribution in [-0.2, 0) is 4.79 Å². The van der Waals surface area contributed by atoms with E-state index in [1.165, 1.54) is 12.4 Å². The number of carbonyl (C=O) groups excluding carboxylic acids is 1. The van der Waals surface area contributed by atoms with Crippen LogP contribution in [0.15, 0.2) is 41.7 Å². The van der Waals surface area contributed by atoms with Crippen LogP contribution >= 0.6 is 15.9 Å². The van der Waals surface area contributed by atoms with Gasteiger partial charge in [-0.2, -0.15) is 0 Å². The van der Waals surface area contributed by atoms with E-state index >= 15 is 0 Å². The molecule has 1 saturated heterocycles. The summed E-state index contributed by atoms with van der Waals surface area (Å²) in [5.41, 5.74) is 9.82. The summed E-state index contributed by atoms with van der Waals surface area (Å²) in [6.07, 6.45) is 4.53. The molecular weight excluding hydrogens is 494 g/mol. The molecule has 0 bridgehead atoms. The molecule has 4 rings (SSSR count). The van der Waals surface area contributed by atoms with Crippen molar-refractivity contribution in [3.05, 3.63) is 47.3 Å². The smallest absolute Gasteiger partial charge is 0.245 e. The number of methoxy groups -OCH3 is 1. The number of halogens is 1. The zero-order valence-electron chi connectivity index (χ0n) is 19.6. The van der Waals surface area contributed by atoms with Crippen LogP contribution in [-0.4, -0.2) is 45.5 Å². The highest BCUT2D eigenvalue weighted by Crippen LogP contribution is 2.40. The fourth-order valence-electron chi connectivity index (χ4n) is 4.42. The van der Waals surface area contributed by atoms with E-state index < -0.39 is 0 Å². The normalized spacial score (nSPS) is 14.2. The second kappa shape index (κ2) is 9.90. The van der Waals surface area contributed by atoms with E-state index in [-0.39, 0.29) is 17.9 Å². The number of nitrogen functional groups attached to an aromatic ring is 1. The van der Waals surface area contributed by atoms with Gasteiger partial charge in [-0.15, -0.1) is 0 Å². The maximum absolute atomic E-state index is 11.9. The monoisotopic (exact) mass is 521 g/mol. The maximum atomic E-state index is 11.9.